The second kappa shape index (κ2) is 6.91. The first-order valence-corrected chi connectivity index (χ1v) is 7.97. The lowest BCUT2D eigenvalue weighted by Gasteiger charge is -2.17. The fraction of sp³-hybridized carbons (Fsp3) is 0.222. The van der Waals surface area contributed by atoms with Gasteiger partial charge in [-0.1, -0.05) is 18.2 Å². The van der Waals surface area contributed by atoms with Crippen LogP contribution < -0.4 is 10.2 Å². The highest BCUT2D eigenvalue weighted by atomic mass is 19.1. The molecule has 0 aliphatic carbocycles. The molecule has 2 aromatic rings. The normalized spacial score (nSPS) is 16.6. The number of nitrogens with one attached hydrogen (secondary N) is 1. The zero-order valence-corrected chi connectivity index (χ0v) is 13.9. The summed E-state index contributed by atoms with van der Waals surface area (Å²) < 4.78 is 13.9. The zero-order chi connectivity index (χ0) is 18.8. The molecule has 1 saturated heterocycles. The van der Waals surface area contributed by atoms with Crippen molar-refractivity contribution in [3.05, 3.63) is 64.0 Å². The first-order valence-electron chi connectivity index (χ1n) is 7.97. The van der Waals surface area contributed by atoms with Crippen molar-refractivity contribution in [1.29, 1.82) is 0 Å². The van der Waals surface area contributed by atoms with Crippen molar-refractivity contribution in [1.82, 2.24) is 0 Å². The van der Waals surface area contributed by atoms with Crippen molar-refractivity contribution >= 4 is 28.9 Å². The van der Waals surface area contributed by atoms with Crippen molar-refractivity contribution < 1.29 is 18.9 Å². The molecule has 2 aromatic carbocycles. The third-order valence-electron chi connectivity index (χ3n) is 4.25. The van der Waals surface area contributed by atoms with Crippen LogP contribution in [0.15, 0.2) is 42.5 Å². The van der Waals surface area contributed by atoms with Gasteiger partial charge in [-0.15, -0.1) is 0 Å². The number of nitro groups is 1. The SMILES string of the molecule is Cc1ccc(NC(=O)C2CC(=O)N(c3ccccc3F)C2)c([N+](=O)[O-])c1. The molecule has 1 aliphatic heterocycles. The number of hydrogen-bond donors (Lipinski definition) is 1. The molecule has 2 amide bonds. The highest BCUT2D eigenvalue weighted by molar-refractivity contribution is 6.04. The molecule has 1 unspecified atom stereocenters. The van der Waals surface area contributed by atoms with Gasteiger partial charge < -0.3 is 10.2 Å². The van der Waals surface area contributed by atoms with Gasteiger partial charge in [0, 0.05) is 19.0 Å². The lowest BCUT2D eigenvalue weighted by atomic mass is 10.1. The Labute approximate surface area is 148 Å². The number of nitro benzene ring substituents is 1. The monoisotopic (exact) mass is 357 g/mol. The largest absolute Gasteiger partial charge is 0.320 e. The molecule has 0 saturated carbocycles. The molecule has 3 rings (SSSR count). The predicted octanol–water partition coefficient (Wildman–Crippen LogP) is 3.03. The molecular formula is C18H16FN3O4. The molecule has 1 aliphatic rings. The van der Waals surface area contributed by atoms with Crippen LogP contribution in [0.2, 0.25) is 0 Å². The number of benzene rings is 2. The molecule has 0 radical (unpaired) electrons. The first-order chi connectivity index (χ1) is 12.4. The first kappa shape index (κ1) is 17.5. The Hall–Kier alpha value is -3.29. The minimum atomic E-state index is -0.719. The van der Waals surface area contributed by atoms with Gasteiger partial charge in [-0.2, -0.15) is 0 Å². The highest BCUT2D eigenvalue weighted by Crippen LogP contribution is 2.30. The van der Waals surface area contributed by atoms with Crippen molar-refractivity contribution in [2.75, 3.05) is 16.8 Å². The van der Waals surface area contributed by atoms with Gasteiger partial charge >= 0.3 is 0 Å². The van der Waals surface area contributed by atoms with Crippen LogP contribution in [-0.4, -0.2) is 23.3 Å². The lowest BCUT2D eigenvalue weighted by Crippen LogP contribution is -2.28. The number of amides is 2. The van der Waals surface area contributed by atoms with Gasteiger partial charge in [0.25, 0.3) is 5.69 Å². The molecule has 8 heteroatoms. The summed E-state index contributed by atoms with van der Waals surface area (Å²) in [5.41, 5.74) is 0.668. The van der Waals surface area contributed by atoms with E-state index < -0.39 is 22.6 Å². The third kappa shape index (κ3) is 3.39. The summed E-state index contributed by atoms with van der Waals surface area (Å²) >= 11 is 0. The van der Waals surface area contributed by atoms with E-state index in [0.717, 1.165) is 0 Å². The summed E-state index contributed by atoms with van der Waals surface area (Å²) in [6.45, 7) is 1.73. The van der Waals surface area contributed by atoms with Crippen molar-refractivity contribution in [3.8, 4) is 0 Å². The molecule has 1 fully saturated rings. The Morgan fingerprint density at radius 2 is 2.04 bits per heavy atom. The van der Waals surface area contributed by atoms with Crippen molar-refractivity contribution in [2.45, 2.75) is 13.3 Å². The maximum absolute atomic E-state index is 13.9. The minimum absolute atomic E-state index is 0.0191. The number of carbonyl (C=O) groups is 2. The van der Waals surface area contributed by atoms with E-state index in [1.54, 1.807) is 19.1 Å². The van der Waals surface area contributed by atoms with Crippen LogP contribution in [0.4, 0.5) is 21.5 Å². The van der Waals surface area contributed by atoms with Crippen LogP contribution in [0.25, 0.3) is 0 Å². The van der Waals surface area contributed by atoms with Crippen LogP contribution in [0.1, 0.15) is 12.0 Å². The topological polar surface area (TPSA) is 92.6 Å². The zero-order valence-electron chi connectivity index (χ0n) is 13.9. The van der Waals surface area contributed by atoms with Gasteiger partial charge in [0.2, 0.25) is 11.8 Å². The maximum atomic E-state index is 13.9. The minimum Gasteiger partial charge on any atom is -0.320 e. The summed E-state index contributed by atoms with van der Waals surface area (Å²) in [6, 6.07) is 10.3. The molecule has 1 N–H and O–H groups in total. The summed E-state index contributed by atoms with van der Waals surface area (Å²) in [6.07, 6.45) is -0.0835. The number of nitrogens with zero attached hydrogens (tertiary/aromatic N) is 2. The maximum Gasteiger partial charge on any atom is 0.293 e. The Balaban J connectivity index is 1.77. The van der Waals surface area contributed by atoms with Crippen molar-refractivity contribution in [2.24, 2.45) is 5.92 Å². The summed E-state index contributed by atoms with van der Waals surface area (Å²) in [4.78, 5) is 36.5. The number of carbonyl (C=O) groups excluding carboxylic acids is 2. The predicted molar refractivity (Wildman–Crippen MR) is 93.3 cm³/mol. The Morgan fingerprint density at radius 3 is 2.73 bits per heavy atom. The van der Waals surface area contributed by atoms with Crippen LogP contribution >= 0.6 is 0 Å². The molecular weight excluding hydrogens is 341 g/mol. The average molecular weight is 357 g/mol. The summed E-state index contributed by atoms with van der Waals surface area (Å²) in [5, 5.41) is 13.7. The quantitative estimate of drug-likeness (QED) is 0.672. The van der Waals surface area contributed by atoms with E-state index in [4.69, 9.17) is 0 Å². The fourth-order valence-corrected chi connectivity index (χ4v) is 2.92. The second-order valence-corrected chi connectivity index (χ2v) is 6.12. The smallest absolute Gasteiger partial charge is 0.293 e. The van der Waals surface area contributed by atoms with Gasteiger partial charge in [0.1, 0.15) is 11.5 Å². The molecule has 0 bridgehead atoms. The molecule has 26 heavy (non-hydrogen) atoms. The van der Waals surface area contributed by atoms with Crippen LogP contribution in [-0.2, 0) is 9.59 Å². The molecule has 7 nitrogen and oxygen atoms in total. The number of anilines is 2. The number of halogens is 1. The standard InChI is InChI=1S/C18H16FN3O4/c1-11-6-7-14(16(8-11)22(25)26)20-18(24)12-9-17(23)21(10-12)15-5-3-2-4-13(15)19/h2-8,12H,9-10H2,1H3,(H,20,24). The number of aryl methyl sites for hydroxylation is 1. The summed E-state index contributed by atoms with van der Waals surface area (Å²) in [7, 11) is 0. The average Bonchev–Trinajstić information content (AvgIpc) is 2.98. The van der Waals surface area contributed by atoms with Gasteiger partial charge in [-0.25, -0.2) is 4.39 Å². The number of rotatable bonds is 4. The van der Waals surface area contributed by atoms with Crippen LogP contribution in [0, 0.1) is 28.8 Å². The Bertz CT molecular complexity index is 900. The fourth-order valence-electron chi connectivity index (χ4n) is 2.92. The Morgan fingerprint density at radius 1 is 1.31 bits per heavy atom. The van der Waals surface area contributed by atoms with E-state index in [1.807, 2.05) is 0 Å². The lowest BCUT2D eigenvalue weighted by molar-refractivity contribution is -0.384. The molecule has 1 atom stereocenters. The van der Waals surface area contributed by atoms with Gasteiger partial charge in [-0.05, 0) is 30.7 Å². The third-order valence-corrected chi connectivity index (χ3v) is 4.25. The highest BCUT2D eigenvalue weighted by Gasteiger charge is 2.36. The van der Waals surface area contributed by atoms with Gasteiger partial charge in [0.05, 0.1) is 16.5 Å². The number of hydrogen-bond acceptors (Lipinski definition) is 4. The summed E-state index contributed by atoms with van der Waals surface area (Å²) in [5.74, 6) is -2.14. The van der Waals surface area contributed by atoms with Gasteiger partial charge in [0.15, 0.2) is 0 Å². The molecule has 0 spiro atoms. The van der Waals surface area contributed by atoms with Crippen LogP contribution in [0.5, 0.6) is 0 Å². The van der Waals surface area contributed by atoms with E-state index in [2.05, 4.69) is 5.32 Å². The molecule has 0 aromatic heterocycles. The van der Waals surface area contributed by atoms with Crippen LogP contribution in [0.3, 0.4) is 0 Å². The van der Waals surface area contributed by atoms with E-state index in [0.29, 0.717) is 5.56 Å². The van der Waals surface area contributed by atoms with E-state index >= 15 is 0 Å². The molecule has 1 heterocycles. The Kier molecular flexibility index (Phi) is 4.66. The van der Waals surface area contributed by atoms with Gasteiger partial charge in [-0.3, -0.25) is 19.7 Å². The van der Waals surface area contributed by atoms with Crippen molar-refractivity contribution in [3.63, 3.8) is 0 Å². The molecule has 134 valence electrons. The second-order valence-electron chi connectivity index (χ2n) is 6.12. The number of para-hydroxylation sites is 1. The van der Waals surface area contributed by atoms with E-state index in [1.165, 1.54) is 35.2 Å². The van der Waals surface area contributed by atoms with E-state index in [9.17, 15) is 24.1 Å². The van der Waals surface area contributed by atoms with E-state index in [-0.39, 0.29) is 35.9 Å².